The molecule has 144 valence electrons. The number of hydrogen-bond acceptors (Lipinski definition) is 9. The molecule has 1 atom stereocenters. The number of aromatic nitrogens is 2. The molecule has 0 radical (unpaired) electrons. The van der Waals surface area contributed by atoms with Crippen LogP contribution in [0.5, 0.6) is 5.75 Å². The van der Waals surface area contributed by atoms with Gasteiger partial charge in [0.15, 0.2) is 4.34 Å². The van der Waals surface area contributed by atoms with E-state index in [-0.39, 0.29) is 11.9 Å². The molecule has 2 aromatic rings. The fourth-order valence-electron chi connectivity index (χ4n) is 2.54. The number of hydrogen-bond donors (Lipinski definition) is 2. The Balaban J connectivity index is 1.44. The zero-order valence-corrected chi connectivity index (χ0v) is 16.4. The Morgan fingerprint density at radius 1 is 1.37 bits per heavy atom. The van der Waals surface area contributed by atoms with Crippen LogP contribution in [0.3, 0.4) is 0 Å². The Bertz CT molecular complexity index is 793. The fraction of sp³-hybridized carbons (Fsp3) is 0.412. The molecule has 0 saturated carbocycles. The maximum absolute atomic E-state index is 12.2. The first-order valence-electron chi connectivity index (χ1n) is 8.44. The highest BCUT2D eigenvalue weighted by atomic mass is 32.2. The maximum Gasteiger partial charge on any atom is 0.261 e. The summed E-state index contributed by atoms with van der Waals surface area (Å²) in [6.07, 6.45) is 2.36. The van der Waals surface area contributed by atoms with Crippen molar-refractivity contribution in [3.63, 3.8) is 0 Å². The number of benzene rings is 1. The Kier molecular flexibility index (Phi) is 7.02. The number of amides is 2. The number of thioether (sulfide) groups is 1. The van der Waals surface area contributed by atoms with Crippen molar-refractivity contribution in [2.45, 2.75) is 23.3 Å². The van der Waals surface area contributed by atoms with Gasteiger partial charge < -0.3 is 14.8 Å². The average molecular weight is 409 g/mol. The maximum atomic E-state index is 12.2. The van der Waals surface area contributed by atoms with Crippen molar-refractivity contribution in [2.75, 3.05) is 31.3 Å². The Morgan fingerprint density at radius 3 is 3.00 bits per heavy atom. The molecule has 1 aromatic carbocycles. The first kappa shape index (κ1) is 19.6. The van der Waals surface area contributed by atoms with Gasteiger partial charge in [-0.15, -0.1) is 10.2 Å². The number of nitrogens with zero attached hydrogens (tertiary/aromatic N) is 2. The number of imide groups is 1. The predicted molar refractivity (Wildman–Crippen MR) is 104 cm³/mol. The van der Waals surface area contributed by atoms with Crippen LogP contribution >= 0.6 is 23.1 Å². The van der Waals surface area contributed by atoms with E-state index in [1.165, 1.54) is 30.2 Å². The van der Waals surface area contributed by atoms with Gasteiger partial charge in [0.1, 0.15) is 5.75 Å². The first-order valence-corrected chi connectivity index (χ1v) is 10.2. The zero-order valence-electron chi connectivity index (χ0n) is 14.8. The predicted octanol–water partition coefficient (Wildman–Crippen LogP) is 2.19. The summed E-state index contributed by atoms with van der Waals surface area (Å²) in [5.41, 5.74) is 0.315. The van der Waals surface area contributed by atoms with Crippen LogP contribution in [0.1, 0.15) is 23.2 Å². The number of methoxy groups -OCH3 is 1. The smallest absolute Gasteiger partial charge is 0.261 e. The van der Waals surface area contributed by atoms with Crippen LogP contribution in [-0.4, -0.2) is 54.1 Å². The minimum Gasteiger partial charge on any atom is -0.496 e. The second kappa shape index (κ2) is 9.67. The van der Waals surface area contributed by atoms with Gasteiger partial charge in [0.2, 0.25) is 11.0 Å². The van der Waals surface area contributed by atoms with Crippen molar-refractivity contribution in [3.05, 3.63) is 29.8 Å². The van der Waals surface area contributed by atoms with Crippen molar-refractivity contribution < 1.29 is 19.1 Å². The van der Waals surface area contributed by atoms with E-state index in [0.717, 1.165) is 19.4 Å². The molecular weight excluding hydrogens is 388 g/mol. The third-order valence-corrected chi connectivity index (χ3v) is 5.86. The van der Waals surface area contributed by atoms with Crippen molar-refractivity contribution in [2.24, 2.45) is 0 Å². The van der Waals surface area contributed by atoms with Crippen LogP contribution in [0, 0.1) is 0 Å². The van der Waals surface area contributed by atoms with E-state index < -0.39 is 11.8 Å². The van der Waals surface area contributed by atoms with E-state index in [9.17, 15) is 9.59 Å². The molecule has 1 unspecified atom stereocenters. The highest BCUT2D eigenvalue weighted by molar-refractivity contribution is 8.01. The fourth-order valence-corrected chi connectivity index (χ4v) is 4.09. The van der Waals surface area contributed by atoms with Crippen molar-refractivity contribution in [1.29, 1.82) is 0 Å². The molecule has 1 saturated heterocycles. The normalized spacial score (nSPS) is 16.1. The van der Waals surface area contributed by atoms with Gasteiger partial charge in [-0.1, -0.05) is 35.2 Å². The van der Waals surface area contributed by atoms with Crippen molar-refractivity contribution in [1.82, 2.24) is 15.5 Å². The van der Waals surface area contributed by atoms with Gasteiger partial charge in [-0.2, -0.15) is 0 Å². The largest absolute Gasteiger partial charge is 0.496 e. The number of anilines is 1. The standard InChI is InChI=1S/C17H20N4O4S2/c1-24-13-7-3-2-6-12(13)15(23)19-14(22)10-26-17-21-20-16(27-17)18-9-11-5-4-8-25-11/h2-3,6-7,11H,4-5,8-10H2,1H3,(H,18,20)(H,19,22,23). The van der Waals surface area contributed by atoms with Crippen LogP contribution < -0.4 is 15.4 Å². The zero-order chi connectivity index (χ0) is 19.1. The van der Waals surface area contributed by atoms with E-state index >= 15 is 0 Å². The molecule has 10 heteroatoms. The monoisotopic (exact) mass is 408 g/mol. The highest BCUT2D eigenvalue weighted by Crippen LogP contribution is 2.26. The molecule has 1 fully saturated rings. The number of rotatable bonds is 8. The van der Waals surface area contributed by atoms with Crippen LogP contribution in [0.25, 0.3) is 0 Å². The first-order chi connectivity index (χ1) is 13.2. The summed E-state index contributed by atoms with van der Waals surface area (Å²) in [5, 5.41) is 14.3. The number of carbonyl (C=O) groups is 2. The van der Waals surface area contributed by atoms with Crippen molar-refractivity contribution in [3.8, 4) is 5.75 Å². The summed E-state index contributed by atoms with van der Waals surface area (Å²) in [7, 11) is 1.48. The quantitative estimate of drug-likeness (QED) is 0.641. The molecule has 27 heavy (non-hydrogen) atoms. The van der Waals surface area contributed by atoms with Gasteiger partial charge in [-0.05, 0) is 25.0 Å². The van der Waals surface area contributed by atoms with Gasteiger partial charge in [-0.3, -0.25) is 14.9 Å². The average Bonchev–Trinajstić information content (AvgIpc) is 3.36. The minimum absolute atomic E-state index is 0.0707. The molecule has 2 amide bonds. The third-order valence-electron chi connectivity index (χ3n) is 3.84. The summed E-state index contributed by atoms with van der Waals surface area (Å²) < 4.78 is 11.3. The highest BCUT2D eigenvalue weighted by Gasteiger charge is 2.17. The molecule has 8 nitrogen and oxygen atoms in total. The number of carbonyl (C=O) groups excluding carboxylic acids is 2. The second-order valence-corrected chi connectivity index (χ2v) is 7.96. The summed E-state index contributed by atoms with van der Waals surface area (Å²) >= 11 is 2.60. The SMILES string of the molecule is COc1ccccc1C(=O)NC(=O)CSc1nnc(NCC2CCCO2)s1. The lowest BCUT2D eigenvalue weighted by Crippen LogP contribution is -2.32. The molecule has 2 heterocycles. The molecule has 0 bridgehead atoms. The summed E-state index contributed by atoms with van der Waals surface area (Å²) in [6, 6.07) is 6.74. The van der Waals surface area contributed by atoms with Crippen LogP contribution in [0.15, 0.2) is 28.6 Å². The van der Waals surface area contributed by atoms with E-state index in [1.54, 1.807) is 24.3 Å². The molecule has 1 aliphatic heterocycles. The van der Waals surface area contributed by atoms with E-state index in [2.05, 4.69) is 20.8 Å². The number of para-hydroxylation sites is 1. The lowest BCUT2D eigenvalue weighted by molar-refractivity contribution is -0.117. The van der Waals surface area contributed by atoms with Gasteiger partial charge in [0.05, 0.1) is 24.5 Å². The summed E-state index contributed by atoms with van der Waals surface area (Å²) in [6.45, 7) is 1.51. The van der Waals surface area contributed by atoms with E-state index in [0.29, 0.717) is 27.3 Å². The van der Waals surface area contributed by atoms with Crippen molar-refractivity contribution >= 4 is 40.0 Å². The number of ether oxygens (including phenoxy) is 2. The number of nitrogens with one attached hydrogen (secondary N) is 2. The van der Waals surface area contributed by atoms with E-state index in [4.69, 9.17) is 9.47 Å². The minimum atomic E-state index is -0.491. The Morgan fingerprint density at radius 2 is 2.22 bits per heavy atom. The van der Waals surface area contributed by atoms with E-state index in [1.807, 2.05) is 0 Å². The second-order valence-electron chi connectivity index (χ2n) is 5.76. The van der Waals surface area contributed by atoms with Gasteiger partial charge in [-0.25, -0.2) is 0 Å². The van der Waals surface area contributed by atoms with Crippen LogP contribution in [-0.2, 0) is 9.53 Å². The van der Waals surface area contributed by atoms with Gasteiger partial charge in [0, 0.05) is 13.2 Å². The topological polar surface area (TPSA) is 102 Å². The summed E-state index contributed by atoms with van der Waals surface area (Å²) in [5.74, 6) is -0.405. The van der Waals surface area contributed by atoms with Crippen LogP contribution in [0.2, 0.25) is 0 Å². The Hall–Kier alpha value is -2.17. The molecule has 2 N–H and O–H groups in total. The summed E-state index contributed by atoms with van der Waals surface area (Å²) in [4.78, 5) is 24.2. The lowest BCUT2D eigenvalue weighted by Gasteiger charge is -2.08. The third kappa shape index (κ3) is 5.65. The molecule has 3 rings (SSSR count). The van der Waals surface area contributed by atoms with Gasteiger partial charge in [0.25, 0.3) is 5.91 Å². The molecular formula is C17H20N4O4S2. The molecule has 0 spiro atoms. The molecule has 1 aromatic heterocycles. The Labute approximate surface area is 165 Å². The van der Waals surface area contributed by atoms with Crippen LogP contribution in [0.4, 0.5) is 5.13 Å². The lowest BCUT2D eigenvalue weighted by atomic mass is 10.2. The van der Waals surface area contributed by atoms with Gasteiger partial charge >= 0.3 is 0 Å². The molecule has 0 aliphatic carbocycles. The molecule has 1 aliphatic rings.